The molecule has 0 aliphatic heterocycles. The number of fused-ring (bicyclic) bond motifs is 3. The third-order valence-corrected chi connectivity index (χ3v) is 5.55. The SMILES string of the molecule is Clc1cccc(OCc2ccc(-c3nc4c5cnn(-c6ccccc6)c5ncn4n3)cc2)c1. The van der Waals surface area contributed by atoms with Crippen molar-refractivity contribution in [2.45, 2.75) is 6.61 Å². The molecular weight excluding hydrogens is 436 g/mol. The van der Waals surface area contributed by atoms with E-state index < -0.39 is 0 Å². The fourth-order valence-corrected chi connectivity index (χ4v) is 3.85. The Bertz CT molecular complexity index is 1570. The van der Waals surface area contributed by atoms with Crippen molar-refractivity contribution in [3.63, 3.8) is 0 Å². The quantitative estimate of drug-likeness (QED) is 0.352. The Morgan fingerprint density at radius 2 is 1.73 bits per heavy atom. The minimum Gasteiger partial charge on any atom is -0.489 e. The van der Waals surface area contributed by atoms with E-state index in [1.54, 1.807) is 27.8 Å². The number of nitrogens with zero attached hydrogens (tertiary/aromatic N) is 6. The summed E-state index contributed by atoms with van der Waals surface area (Å²) < 4.78 is 9.31. The molecule has 0 fully saturated rings. The van der Waals surface area contributed by atoms with Crippen molar-refractivity contribution >= 4 is 28.3 Å². The van der Waals surface area contributed by atoms with Crippen molar-refractivity contribution in [2.24, 2.45) is 0 Å². The molecule has 0 bridgehead atoms. The second kappa shape index (κ2) is 8.03. The highest BCUT2D eigenvalue weighted by molar-refractivity contribution is 6.30. The molecule has 160 valence electrons. The van der Waals surface area contributed by atoms with Gasteiger partial charge < -0.3 is 4.74 Å². The molecule has 7 nitrogen and oxygen atoms in total. The molecule has 0 aliphatic carbocycles. The molecule has 33 heavy (non-hydrogen) atoms. The van der Waals surface area contributed by atoms with E-state index in [0.717, 1.165) is 33.6 Å². The lowest BCUT2D eigenvalue weighted by Crippen LogP contribution is -1.98. The van der Waals surface area contributed by atoms with Crippen LogP contribution in [0.2, 0.25) is 5.02 Å². The van der Waals surface area contributed by atoms with Gasteiger partial charge in [0.05, 0.1) is 17.3 Å². The van der Waals surface area contributed by atoms with E-state index in [1.807, 2.05) is 72.8 Å². The van der Waals surface area contributed by atoms with Crippen molar-refractivity contribution in [1.82, 2.24) is 29.4 Å². The summed E-state index contributed by atoms with van der Waals surface area (Å²) in [6.07, 6.45) is 3.45. The molecule has 6 aromatic rings. The Kier molecular flexibility index (Phi) is 4.74. The van der Waals surface area contributed by atoms with Crippen molar-refractivity contribution in [3.05, 3.63) is 102 Å². The van der Waals surface area contributed by atoms with Gasteiger partial charge in [-0.25, -0.2) is 19.2 Å². The van der Waals surface area contributed by atoms with Gasteiger partial charge in [0.2, 0.25) is 0 Å². The van der Waals surface area contributed by atoms with Crippen LogP contribution in [-0.4, -0.2) is 29.4 Å². The minimum atomic E-state index is 0.447. The van der Waals surface area contributed by atoms with E-state index in [-0.39, 0.29) is 0 Å². The summed E-state index contributed by atoms with van der Waals surface area (Å²) in [7, 11) is 0. The van der Waals surface area contributed by atoms with E-state index in [4.69, 9.17) is 21.3 Å². The molecule has 0 N–H and O–H groups in total. The Labute approximate surface area is 193 Å². The molecule has 3 heterocycles. The zero-order chi connectivity index (χ0) is 22.2. The average Bonchev–Trinajstić information content (AvgIpc) is 3.48. The first-order valence-corrected chi connectivity index (χ1v) is 10.7. The van der Waals surface area contributed by atoms with Crippen LogP contribution >= 0.6 is 11.6 Å². The van der Waals surface area contributed by atoms with Crippen LogP contribution in [0.3, 0.4) is 0 Å². The first-order valence-electron chi connectivity index (χ1n) is 10.4. The third-order valence-electron chi connectivity index (χ3n) is 5.32. The lowest BCUT2D eigenvalue weighted by Gasteiger charge is -2.07. The van der Waals surface area contributed by atoms with Gasteiger partial charge in [-0.3, -0.25) is 0 Å². The number of hydrogen-bond acceptors (Lipinski definition) is 5. The second-order valence-corrected chi connectivity index (χ2v) is 7.96. The maximum absolute atomic E-state index is 6.01. The number of halogens is 1. The van der Waals surface area contributed by atoms with Crippen molar-refractivity contribution in [3.8, 4) is 22.8 Å². The normalized spacial score (nSPS) is 11.3. The number of ether oxygens (including phenoxy) is 1. The molecule has 8 heteroatoms. The van der Waals surface area contributed by atoms with Crippen LogP contribution in [0.15, 0.2) is 91.4 Å². The standard InChI is InChI=1S/C25H17ClN6O/c26-19-5-4-8-21(13-19)33-15-17-9-11-18(12-10-17)23-29-25-22-14-28-32(20-6-2-1-3-7-20)24(22)27-16-31(25)30-23/h1-14,16H,15H2. The molecule has 0 amide bonds. The van der Waals surface area contributed by atoms with Crippen LogP contribution in [0.5, 0.6) is 5.75 Å². The Morgan fingerprint density at radius 1 is 0.879 bits per heavy atom. The maximum Gasteiger partial charge on any atom is 0.182 e. The molecule has 0 atom stereocenters. The Hall–Kier alpha value is -4.23. The van der Waals surface area contributed by atoms with E-state index in [2.05, 4.69) is 15.2 Å². The van der Waals surface area contributed by atoms with E-state index >= 15 is 0 Å². The van der Waals surface area contributed by atoms with Crippen LogP contribution in [0.25, 0.3) is 33.8 Å². The lowest BCUT2D eigenvalue weighted by molar-refractivity contribution is 0.306. The van der Waals surface area contributed by atoms with Gasteiger partial charge in [0.1, 0.15) is 18.7 Å². The third kappa shape index (κ3) is 3.68. The maximum atomic E-state index is 6.01. The highest BCUT2D eigenvalue weighted by Gasteiger charge is 2.14. The number of rotatable bonds is 5. The van der Waals surface area contributed by atoms with Crippen molar-refractivity contribution in [2.75, 3.05) is 0 Å². The summed E-state index contributed by atoms with van der Waals surface area (Å²) in [6, 6.07) is 25.3. The fraction of sp³-hybridized carbons (Fsp3) is 0.0400. The zero-order valence-electron chi connectivity index (χ0n) is 17.3. The van der Waals surface area contributed by atoms with Crippen LogP contribution in [0, 0.1) is 0 Å². The summed E-state index contributed by atoms with van der Waals surface area (Å²) >= 11 is 6.01. The molecule has 3 aromatic carbocycles. The smallest absolute Gasteiger partial charge is 0.182 e. The van der Waals surface area contributed by atoms with Gasteiger partial charge in [0.15, 0.2) is 17.1 Å². The van der Waals surface area contributed by atoms with Crippen LogP contribution in [-0.2, 0) is 6.61 Å². The Morgan fingerprint density at radius 3 is 2.55 bits per heavy atom. The number of hydrogen-bond donors (Lipinski definition) is 0. The van der Waals surface area contributed by atoms with E-state index in [1.165, 1.54) is 0 Å². The molecule has 3 aromatic heterocycles. The molecule has 0 saturated heterocycles. The predicted octanol–water partition coefficient (Wildman–Crippen LogP) is 5.36. The second-order valence-electron chi connectivity index (χ2n) is 7.52. The Balaban J connectivity index is 1.28. The highest BCUT2D eigenvalue weighted by atomic mass is 35.5. The van der Waals surface area contributed by atoms with Crippen molar-refractivity contribution < 1.29 is 4.74 Å². The number of aromatic nitrogens is 6. The van der Waals surface area contributed by atoms with Gasteiger partial charge in [0.25, 0.3) is 0 Å². The molecule has 0 saturated carbocycles. The van der Waals surface area contributed by atoms with Gasteiger partial charge >= 0.3 is 0 Å². The first kappa shape index (κ1) is 19.5. The van der Waals surface area contributed by atoms with Gasteiger partial charge in [-0.05, 0) is 35.9 Å². The summed E-state index contributed by atoms with van der Waals surface area (Å²) in [5, 5.41) is 10.6. The van der Waals surface area contributed by atoms with Crippen LogP contribution in [0.1, 0.15) is 5.56 Å². The molecular formula is C25H17ClN6O. The van der Waals surface area contributed by atoms with Gasteiger partial charge in [0, 0.05) is 10.6 Å². The molecule has 6 rings (SSSR count). The summed E-state index contributed by atoms with van der Waals surface area (Å²) in [5.41, 5.74) is 4.34. The zero-order valence-corrected chi connectivity index (χ0v) is 18.1. The highest BCUT2D eigenvalue weighted by Crippen LogP contribution is 2.24. The topological polar surface area (TPSA) is 70.1 Å². The molecule has 0 radical (unpaired) electrons. The largest absolute Gasteiger partial charge is 0.489 e. The monoisotopic (exact) mass is 452 g/mol. The summed E-state index contributed by atoms with van der Waals surface area (Å²) in [5.74, 6) is 1.36. The number of benzene rings is 3. The van der Waals surface area contributed by atoms with Gasteiger partial charge in [-0.1, -0.05) is 60.1 Å². The summed E-state index contributed by atoms with van der Waals surface area (Å²) in [4.78, 5) is 9.32. The van der Waals surface area contributed by atoms with Gasteiger partial charge in [-0.2, -0.15) is 5.10 Å². The number of para-hydroxylation sites is 1. The molecule has 0 aliphatic rings. The van der Waals surface area contributed by atoms with Crippen LogP contribution in [0.4, 0.5) is 0 Å². The lowest BCUT2D eigenvalue weighted by atomic mass is 10.1. The van der Waals surface area contributed by atoms with Crippen molar-refractivity contribution in [1.29, 1.82) is 0 Å². The fourth-order valence-electron chi connectivity index (χ4n) is 3.67. The molecule has 0 spiro atoms. The van der Waals surface area contributed by atoms with Crippen LogP contribution < -0.4 is 4.74 Å². The first-order chi connectivity index (χ1) is 16.2. The van der Waals surface area contributed by atoms with E-state index in [0.29, 0.717) is 23.1 Å². The van der Waals surface area contributed by atoms with E-state index in [9.17, 15) is 0 Å². The summed E-state index contributed by atoms with van der Waals surface area (Å²) in [6.45, 7) is 0.447. The molecule has 0 unspecified atom stereocenters. The van der Waals surface area contributed by atoms with Gasteiger partial charge in [-0.15, -0.1) is 5.10 Å². The average molecular weight is 453 g/mol. The predicted molar refractivity (Wildman–Crippen MR) is 127 cm³/mol. The minimum absolute atomic E-state index is 0.447.